The van der Waals surface area contributed by atoms with E-state index in [0.717, 1.165) is 11.4 Å². The Bertz CT molecular complexity index is 274. The monoisotopic (exact) mass is 195 g/mol. The maximum atomic E-state index is 5.50. The molecule has 1 aromatic rings. The van der Waals surface area contributed by atoms with E-state index in [-0.39, 0.29) is 0 Å². The predicted octanol–water partition coefficient (Wildman–Crippen LogP) is 2.23. The molecule has 0 aromatic carbocycles. The van der Waals surface area contributed by atoms with Crippen molar-refractivity contribution in [3.8, 4) is 5.88 Å². The largest absolute Gasteiger partial charge is 0.475 e. The SMILES string of the molecule is COCCOc1ncccc1C(C)C. The van der Waals surface area contributed by atoms with Gasteiger partial charge in [0.15, 0.2) is 0 Å². The van der Waals surface area contributed by atoms with Crippen molar-refractivity contribution in [2.75, 3.05) is 20.3 Å². The maximum Gasteiger partial charge on any atom is 0.216 e. The number of methoxy groups -OCH3 is 1. The van der Waals surface area contributed by atoms with E-state index < -0.39 is 0 Å². The summed E-state index contributed by atoms with van der Waals surface area (Å²) in [5, 5.41) is 0. The van der Waals surface area contributed by atoms with Gasteiger partial charge in [-0.2, -0.15) is 0 Å². The smallest absolute Gasteiger partial charge is 0.216 e. The van der Waals surface area contributed by atoms with Crippen molar-refractivity contribution < 1.29 is 9.47 Å². The summed E-state index contributed by atoms with van der Waals surface area (Å²) in [5.41, 5.74) is 1.14. The van der Waals surface area contributed by atoms with Crippen LogP contribution in [0.25, 0.3) is 0 Å². The molecular formula is C11H17NO2. The second-order valence-corrected chi connectivity index (χ2v) is 3.39. The molecule has 0 saturated carbocycles. The molecule has 0 amide bonds. The number of nitrogens with zero attached hydrogens (tertiary/aromatic N) is 1. The van der Waals surface area contributed by atoms with Crippen LogP contribution < -0.4 is 4.74 Å². The summed E-state index contributed by atoms with van der Waals surface area (Å²) in [4.78, 5) is 4.19. The number of rotatable bonds is 5. The Balaban J connectivity index is 2.64. The van der Waals surface area contributed by atoms with Crippen LogP contribution in [0.2, 0.25) is 0 Å². The van der Waals surface area contributed by atoms with Crippen molar-refractivity contribution in [2.45, 2.75) is 19.8 Å². The third-order valence-corrected chi connectivity index (χ3v) is 1.95. The van der Waals surface area contributed by atoms with E-state index in [9.17, 15) is 0 Å². The molecule has 0 bridgehead atoms. The molecule has 3 nitrogen and oxygen atoms in total. The fraction of sp³-hybridized carbons (Fsp3) is 0.545. The molecule has 0 radical (unpaired) electrons. The Morgan fingerprint density at radius 1 is 1.36 bits per heavy atom. The summed E-state index contributed by atoms with van der Waals surface area (Å²) < 4.78 is 10.4. The fourth-order valence-electron chi connectivity index (χ4n) is 1.18. The van der Waals surface area contributed by atoms with Crippen LogP contribution in [0.1, 0.15) is 25.3 Å². The molecular weight excluding hydrogens is 178 g/mol. The Hall–Kier alpha value is -1.09. The van der Waals surface area contributed by atoms with Crippen LogP contribution in [-0.4, -0.2) is 25.3 Å². The first-order valence-electron chi connectivity index (χ1n) is 4.82. The fourth-order valence-corrected chi connectivity index (χ4v) is 1.18. The summed E-state index contributed by atoms with van der Waals surface area (Å²) in [6, 6.07) is 3.97. The van der Waals surface area contributed by atoms with Crippen LogP contribution in [0.3, 0.4) is 0 Å². The van der Waals surface area contributed by atoms with E-state index in [1.165, 1.54) is 0 Å². The van der Waals surface area contributed by atoms with Crippen LogP contribution in [0.15, 0.2) is 18.3 Å². The van der Waals surface area contributed by atoms with Crippen molar-refractivity contribution in [3.05, 3.63) is 23.9 Å². The molecule has 1 rings (SSSR count). The highest BCUT2D eigenvalue weighted by atomic mass is 16.5. The Morgan fingerprint density at radius 2 is 2.14 bits per heavy atom. The topological polar surface area (TPSA) is 31.4 Å². The van der Waals surface area contributed by atoms with Crippen LogP contribution in [0.5, 0.6) is 5.88 Å². The van der Waals surface area contributed by atoms with E-state index in [0.29, 0.717) is 19.1 Å². The number of hydrogen-bond donors (Lipinski definition) is 0. The molecule has 1 aromatic heterocycles. The van der Waals surface area contributed by atoms with Gasteiger partial charge in [-0.15, -0.1) is 0 Å². The first kappa shape index (κ1) is 11.0. The van der Waals surface area contributed by atoms with Gasteiger partial charge >= 0.3 is 0 Å². The van der Waals surface area contributed by atoms with Gasteiger partial charge in [-0.05, 0) is 12.0 Å². The normalized spacial score (nSPS) is 10.6. The van der Waals surface area contributed by atoms with E-state index in [4.69, 9.17) is 9.47 Å². The molecule has 0 aliphatic heterocycles. The van der Waals surface area contributed by atoms with E-state index in [1.807, 2.05) is 12.1 Å². The number of ether oxygens (including phenoxy) is 2. The number of hydrogen-bond acceptors (Lipinski definition) is 3. The lowest BCUT2D eigenvalue weighted by Gasteiger charge is -2.11. The average molecular weight is 195 g/mol. The summed E-state index contributed by atoms with van der Waals surface area (Å²) in [6.07, 6.45) is 1.74. The first-order valence-corrected chi connectivity index (χ1v) is 4.82. The second-order valence-electron chi connectivity index (χ2n) is 3.39. The Kier molecular flexibility index (Phi) is 4.40. The minimum atomic E-state index is 0.432. The molecule has 0 N–H and O–H groups in total. The van der Waals surface area contributed by atoms with E-state index >= 15 is 0 Å². The number of aromatic nitrogens is 1. The molecule has 0 aliphatic carbocycles. The van der Waals surface area contributed by atoms with Crippen molar-refractivity contribution >= 4 is 0 Å². The third kappa shape index (κ3) is 3.00. The van der Waals surface area contributed by atoms with Gasteiger partial charge < -0.3 is 9.47 Å². The van der Waals surface area contributed by atoms with E-state index in [1.54, 1.807) is 13.3 Å². The van der Waals surface area contributed by atoms with Crippen LogP contribution in [-0.2, 0) is 4.74 Å². The minimum absolute atomic E-state index is 0.432. The Labute approximate surface area is 85.1 Å². The highest BCUT2D eigenvalue weighted by Gasteiger charge is 2.07. The molecule has 0 fully saturated rings. The average Bonchev–Trinajstić information content (AvgIpc) is 2.19. The van der Waals surface area contributed by atoms with Gasteiger partial charge in [0.2, 0.25) is 5.88 Å². The lowest BCUT2D eigenvalue weighted by Crippen LogP contribution is -2.07. The van der Waals surface area contributed by atoms with Crippen molar-refractivity contribution in [2.24, 2.45) is 0 Å². The highest BCUT2D eigenvalue weighted by molar-refractivity contribution is 5.28. The molecule has 0 saturated heterocycles. The maximum absolute atomic E-state index is 5.50. The van der Waals surface area contributed by atoms with E-state index in [2.05, 4.69) is 18.8 Å². The molecule has 3 heteroatoms. The number of pyridine rings is 1. The van der Waals surface area contributed by atoms with Gasteiger partial charge in [0.05, 0.1) is 6.61 Å². The molecule has 0 unspecified atom stereocenters. The van der Waals surface area contributed by atoms with Crippen molar-refractivity contribution in [3.63, 3.8) is 0 Å². The zero-order chi connectivity index (χ0) is 10.4. The van der Waals surface area contributed by atoms with Gasteiger partial charge in [-0.1, -0.05) is 19.9 Å². The van der Waals surface area contributed by atoms with Crippen LogP contribution >= 0.6 is 0 Å². The van der Waals surface area contributed by atoms with Crippen LogP contribution in [0.4, 0.5) is 0 Å². The van der Waals surface area contributed by atoms with Crippen molar-refractivity contribution in [1.82, 2.24) is 4.98 Å². The summed E-state index contributed by atoms with van der Waals surface area (Å²) in [7, 11) is 1.66. The minimum Gasteiger partial charge on any atom is -0.475 e. The van der Waals surface area contributed by atoms with Crippen molar-refractivity contribution in [1.29, 1.82) is 0 Å². The summed E-state index contributed by atoms with van der Waals surface area (Å²) in [6.45, 7) is 5.39. The molecule has 0 spiro atoms. The lowest BCUT2D eigenvalue weighted by atomic mass is 10.1. The molecule has 0 atom stereocenters. The summed E-state index contributed by atoms with van der Waals surface area (Å²) >= 11 is 0. The zero-order valence-electron chi connectivity index (χ0n) is 8.99. The third-order valence-electron chi connectivity index (χ3n) is 1.95. The quantitative estimate of drug-likeness (QED) is 0.675. The summed E-state index contributed by atoms with van der Waals surface area (Å²) in [5.74, 6) is 1.15. The lowest BCUT2D eigenvalue weighted by molar-refractivity contribution is 0.143. The highest BCUT2D eigenvalue weighted by Crippen LogP contribution is 2.22. The standard InChI is InChI=1S/C11H17NO2/c1-9(2)10-5-4-6-12-11(10)14-8-7-13-3/h4-6,9H,7-8H2,1-3H3. The molecule has 14 heavy (non-hydrogen) atoms. The van der Waals surface area contributed by atoms with Gasteiger partial charge in [-0.25, -0.2) is 4.98 Å². The van der Waals surface area contributed by atoms with Gasteiger partial charge in [0, 0.05) is 18.9 Å². The first-order chi connectivity index (χ1) is 6.75. The molecule has 0 aliphatic rings. The molecule has 1 heterocycles. The Morgan fingerprint density at radius 3 is 2.79 bits per heavy atom. The second kappa shape index (κ2) is 5.60. The van der Waals surface area contributed by atoms with Gasteiger partial charge in [0.1, 0.15) is 6.61 Å². The predicted molar refractivity (Wildman–Crippen MR) is 55.7 cm³/mol. The van der Waals surface area contributed by atoms with Gasteiger partial charge in [-0.3, -0.25) is 0 Å². The zero-order valence-corrected chi connectivity index (χ0v) is 8.99. The van der Waals surface area contributed by atoms with Crippen LogP contribution in [0, 0.1) is 0 Å². The van der Waals surface area contributed by atoms with Gasteiger partial charge in [0.25, 0.3) is 0 Å². The molecule has 78 valence electrons.